The van der Waals surface area contributed by atoms with E-state index in [-0.39, 0.29) is 78.2 Å². The fraction of sp³-hybridized carbons (Fsp3) is 0. The Morgan fingerprint density at radius 3 is 2.23 bits per heavy atom. The Hall–Kier alpha value is -0.380. The first kappa shape index (κ1) is 21.6. The van der Waals surface area contributed by atoms with Gasteiger partial charge in [0, 0.05) is 16.9 Å². The third kappa shape index (κ3) is 6.02. The first-order valence-corrected chi connectivity index (χ1v) is 7.05. The summed E-state index contributed by atoms with van der Waals surface area (Å²) >= 11 is 0. The Labute approximate surface area is 175 Å². The standard InChI is InChI=1S/C13H12N2O4S.2Na.2H/c14-10-6-11(8-12(7-10)20(17,18)19)15-13(16)9-4-2-1-3-5-9;;;;/h1-8H,14H2,(H,15,16)(H,17,18,19);;;;/q;2*+1;2*-1. The number of carbonyl (C=O) groups excluding carboxylic acids is 1. The zero-order valence-corrected chi connectivity index (χ0v) is 17.1. The first-order chi connectivity index (χ1) is 9.36. The number of rotatable bonds is 3. The van der Waals surface area contributed by atoms with Gasteiger partial charge in [-0.3, -0.25) is 9.35 Å². The largest absolute Gasteiger partial charge is 1.00 e. The van der Waals surface area contributed by atoms with Gasteiger partial charge in [0.1, 0.15) is 0 Å². The second-order valence-corrected chi connectivity index (χ2v) is 5.51. The van der Waals surface area contributed by atoms with Gasteiger partial charge in [-0.1, -0.05) is 18.2 Å². The number of benzene rings is 2. The molecule has 0 unspecified atom stereocenters. The van der Waals surface area contributed by atoms with Crippen molar-refractivity contribution in [3.63, 3.8) is 0 Å². The van der Waals surface area contributed by atoms with Crippen molar-refractivity contribution in [3.8, 4) is 0 Å². The maximum absolute atomic E-state index is 11.9. The molecule has 108 valence electrons. The minimum absolute atomic E-state index is 0. The molecule has 0 aliphatic rings. The van der Waals surface area contributed by atoms with E-state index in [1.165, 1.54) is 6.07 Å². The van der Waals surface area contributed by atoms with Gasteiger partial charge in [0.2, 0.25) is 0 Å². The molecule has 0 radical (unpaired) electrons. The van der Waals surface area contributed by atoms with E-state index in [1.54, 1.807) is 30.3 Å². The van der Waals surface area contributed by atoms with Crippen LogP contribution in [-0.4, -0.2) is 18.9 Å². The van der Waals surface area contributed by atoms with E-state index in [4.69, 9.17) is 10.3 Å². The van der Waals surface area contributed by atoms with Gasteiger partial charge in [-0.05, 0) is 30.3 Å². The molecule has 2 rings (SSSR count). The number of nitrogens with one attached hydrogen (secondary N) is 1. The predicted octanol–water partition coefficient (Wildman–Crippen LogP) is -4.00. The van der Waals surface area contributed by atoms with E-state index in [1.807, 2.05) is 0 Å². The molecule has 6 nitrogen and oxygen atoms in total. The topological polar surface area (TPSA) is 109 Å². The van der Waals surface area contributed by atoms with Crippen molar-refractivity contribution in [1.29, 1.82) is 0 Å². The minimum atomic E-state index is -4.38. The minimum Gasteiger partial charge on any atom is -1.00 e. The van der Waals surface area contributed by atoms with Crippen molar-refractivity contribution in [2.45, 2.75) is 4.90 Å². The van der Waals surface area contributed by atoms with Crippen LogP contribution in [0, 0.1) is 0 Å². The van der Waals surface area contributed by atoms with Crippen LogP contribution in [0.5, 0.6) is 0 Å². The van der Waals surface area contributed by atoms with Gasteiger partial charge < -0.3 is 13.9 Å². The quantitative estimate of drug-likeness (QED) is 0.300. The third-order valence-electron chi connectivity index (χ3n) is 2.52. The third-order valence-corrected chi connectivity index (χ3v) is 3.35. The van der Waals surface area contributed by atoms with Crippen molar-refractivity contribution in [2.75, 3.05) is 11.1 Å². The molecule has 4 N–H and O–H groups in total. The van der Waals surface area contributed by atoms with Crippen LogP contribution in [0.2, 0.25) is 0 Å². The van der Waals surface area contributed by atoms with Crippen molar-refractivity contribution < 1.29 is 79.7 Å². The summed E-state index contributed by atoms with van der Waals surface area (Å²) in [6.07, 6.45) is 0. The van der Waals surface area contributed by atoms with Crippen molar-refractivity contribution in [2.24, 2.45) is 0 Å². The molecule has 0 aliphatic heterocycles. The molecule has 2 aromatic carbocycles. The Morgan fingerprint density at radius 2 is 1.68 bits per heavy atom. The average Bonchev–Trinajstić information content (AvgIpc) is 2.38. The summed E-state index contributed by atoms with van der Waals surface area (Å²) in [6.45, 7) is 0. The monoisotopic (exact) mass is 340 g/mol. The Balaban J connectivity index is -0.00000110. The molecule has 22 heavy (non-hydrogen) atoms. The summed E-state index contributed by atoms with van der Waals surface area (Å²) in [5.74, 6) is -0.405. The van der Waals surface area contributed by atoms with Crippen molar-refractivity contribution in [1.82, 2.24) is 0 Å². The van der Waals surface area contributed by atoms with Crippen molar-refractivity contribution >= 4 is 27.4 Å². The number of amides is 1. The van der Waals surface area contributed by atoms with E-state index in [0.717, 1.165) is 12.1 Å². The van der Waals surface area contributed by atoms with Gasteiger partial charge in [0.05, 0.1) is 4.90 Å². The van der Waals surface area contributed by atoms with Crippen LogP contribution in [0.3, 0.4) is 0 Å². The molecule has 0 aromatic heterocycles. The van der Waals surface area contributed by atoms with Crippen LogP contribution in [0.25, 0.3) is 0 Å². The summed E-state index contributed by atoms with van der Waals surface area (Å²) in [4.78, 5) is 11.5. The van der Waals surface area contributed by atoms with Crippen LogP contribution in [0.1, 0.15) is 13.2 Å². The van der Waals surface area contributed by atoms with Crippen LogP contribution < -0.4 is 70.2 Å². The second kappa shape index (κ2) is 9.05. The molecule has 0 saturated carbocycles. The summed E-state index contributed by atoms with van der Waals surface area (Å²) in [7, 11) is -4.38. The van der Waals surface area contributed by atoms with Gasteiger partial charge in [0.25, 0.3) is 16.0 Å². The molecule has 0 spiro atoms. The fourth-order valence-corrected chi connectivity index (χ4v) is 2.20. The average molecular weight is 340 g/mol. The molecule has 9 heteroatoms. The molecule has 0 aliphatic carbocycles. The van der Waals surface area contributed by atoms with E-state index >= 15 is 0 Å². The second-order valence-electron chi connectivity index (χ2n) is 4.09. The van der Waals surface area contributed by atoms with E-state index < -0.39 is 16.0 Å². The van der Waals surface area contributed by atoms with E-state index in [2.05, 4.69) is 5.32 Å². The number of nitrogens with two attached hydrogens (primary N) is 1. The molecular formula is C13H14N2Na2O4S. The smallest absolute Gasteiger partial charge is 1.00 e. The first-order valence-electron chi connectivity index (χ1n) is 5.61. The number of hydrogen-bond acceptors (Lipinski definition) is 4. The van der Waals surface area contributed by atoms with Gasteiger partial charge in [-0.25, -0.2) is 0 Å². The summed E-state index contributed by atoms with van der Waals surface area (Å²) in [6, 6.07) is 12.1. The number of nitrogen functional groups attached to an aromatic ring is 1. The van der Waals surface area contributed by atoms with E-state index in [0.29, 0.717) is 5.56 Å². The summed E-state index contributed by atoms with van der Waals surface area (Å²) < 4.78 is 31.2. The van der Waals surface area contributed by atoms with Gasteiger partial charge >= 0.3 is 59.1 Å². The molecule has 0 fully saturated rings. The van der Waals surface area contributed by atoms with Crippen LogP contribution in [0.15, 0.2) is 53.4 Å². The normalized spacial score (nSPS) is 10.0. The number of carbonyl (C=O) groups is 1. The Bertz CT molecular complexity index is 762. The molecule has 0 heterocycles. The van der Waals surface area contributed by atoms with Gasteiger partial charge in [-0.2, -0.15) is 8.42 Å². The van der Waals surface area contributed by atoms with Crippen molar-refractivity contribution in [3.05, 3.63) is 54.1 Å². The van der Waals surface area contributed by atoms with Crippen LogP contribution >= 0.6 is 0 Å². The zero-order valence-electron chi connectivity index (χ0n) is 14.3. The maximum Gasteiger partial charge on any atom is 1.00 e. The molecule has 0 saturated heterocycles. The summed E-state index contributed by atoms with van der Waals surface area (Å²) in [5.41, 5.74) is 6.26. The van der Waals surface area contributed by atoms with Crippen LogP contribution in [0.4, 0.5) is 11.4 Å². The molecule has 0 atom stereocenters. The number of anilines is 2. The van der Waals surface area contributed by atoms with Crippen LogP contribution in [-0.2, 0) is 10.1 Å². The zero-order chi connectivity index (χ0) is 14.8. The predicted molar refractivity (Wildman–Crippen MR) is 77.3 cm³/mol. The van der Waals surface area contributed by atoms with E-state index in [9.17, 15) is 13.2 Å². The molecule has 1 amide bonds. The van der Waals surface area contributed by atoms with Gasteiger partial charge in [0.15, 0.2) is 0 Å². The molecule has 2 aromatic rings. The fourth-order valence-electron chi connectivity index (χ4n) is 1.64. The molecular weight excluding hydrogens is 326 g/mol. The number of hydrogen-bond donors (Lipinski definition) is 3. The van der Waals surface area contributed by atoms with Gasteiger partial charge in [-0.15, -0.1) is 0 Å². The molecule has 0 bridgehead atoms. The SMILES string of the molecule is Nc1cc(NC(=O)c2ccccc2)cc(S(=O)(=O)O)c1.[H-].[H-].[Na+].[Na+]. The summed E-state index contributed by atoms with van der Waals surface area (Å²) in [5, 5.41) is 2.52. The Morgan fingerprint density at radius 1 is 1.09 bits per heavy atom. The maximum atomic E-state index is 11.9. The Kier molecular flexibility index (Phi) is 8.89.